The number of aryl methyl sites for hydroxylation is 2. The number of fused-ring (bicyclic) bond motifs is 1. The molecule has 142 valence electrons. The topological polar surface area (TPSA) is 62.2 Å². The summed E-state index contributed by atoms with van der Waals surface area (Å²) in [6.07, 6.45) is 5.56. The molecule has 2 unspecified atom stereocenters. The number of anilines is 1. The van der Waals surface area contributed by atoms with Crippen molar-refractivity contribution in [3.8, 4) is 0 Å². The van der Waals surface area contributed by atoms with Crippen molar-refractivity contribution in [1.29, 1.82) is 0 Å². The van der Waals surface area contributed by atoms with Crippen molar-refractivity contribution in [3.05, 3.63) is 33.7 Å². The van der Waals surface area contributed by atoms with E-state index in [1.165, 1.54) is 36.3 Å². The van der Waals surface area contributed by atoms with Crippen molar-refractivity contribution >= 4 is 23.1 Å². The van der Waals surface area contributed by atoms with E-state index in [9.17, 15) is 4.79 Å². The predicted molar refractivity (Wildman–Crippen MR) is 105 cm³/mol. The lowest BCUT2D eigenvalue weighted by Crippen LogP contribution is -2.33. The number of amides is 1. The number of hydrogen-bond acceptors (Lipinski definition) is 6. The summed E-state index contributed by atoms with van der Waals surface area (Å²) in [4.78, 5) is 31.6. The molecule has 1 aliphatic carbocycles. The second-order valence-electron chi connectivity index (χ2n) is 8.21. The van der Waals surface area contributed by atoms with Gasteiger partial charge in [-0.25, -0.2) is 15.0 Å². The Morgan fingerprint density at radius 1 is 1.11 bits per heavy atom. The van der Waals surface area contributed by atoms with Crippen LogP contribution in [0.5, 0.6) is 0 Å². The molecule has 0 N–H and O–H groups in total. The first-order valence-corrected chi connectivity index (χ1v) is 10.7. The predicted octanol–water partition coefficient (Wildman–Crippen LogP) is 3.03. The summed E-state index contributed by atoms with van der Waals surface area (Å²) in [6, 6.07) is 2.19. The smallest absolute Gasteiger partial charge is 0.265 e. The summed E-state index contributed by atoms with van der Waals surface area (Å²) in [5.74, 6) is 2.92. The Bertz CT molecular complexity index is 863. The van der Waals surface area contributed by atoms with Crippen molar-refractivity contribution in [2.24, 2.45) is 11.8 Å². The second kappa shape index (κ2) is 6.55. The number of carbonyl (C=O) groups is 1. The Hall–Kier alpha value is -2.02. The molecule has 0 spiro atoms. The third kappa shape index (κ3) is 3.02. The van der Waals surface area contributed by atoms with Crippen LogP contribution in [0.15, 0.2) is 12.4 Å². The van der Waals surface area contributed by atoms with Gasteiger partial charge in [-0.3, -0.25) is 4.79 Å². The molecule has 0 bridgehead atoms. The quantitative estimate of drug-likeness (QED) is 0.815. The van der Waals surface area contributed by atoms with Crippen LogP contribution in [0.2, 0.25) is 0 Å². The van der Waals surface area contributed by atoms with E-state index in [1.54, 1.807) is 6.33 Å². The summed E-state index contributed by atoms with van der Waals surface area (Å²) >= 11 is 1.52. The lowest BCUT2D eigenvalue weighted by Gasteiger charge is -2.26. The molecule has 5 rings (SSSR count). The van der Waals surface area contributed by atoms with Crippen LogP contribution in [-0.4, -0.2) is 51.9 Å². The Labute approximate surface area is 163 Å². The van der Waals surface area contributed by atoms with E-state index in [0.717, 1.165) is 47.6 Å². The van der Waals surface area contributed by atoms with Crippen molar-refractivity contribution in [3.63, 3.8) is 0 Å². The zero-order valence-electron chi connectivity index (χ0n) is 15.9. The molecule has 1 amide bonds. The van der Waals surface area contributed by atoms with E-state index >= 15 is 0 Å². The number of aromatic nitrogens is 3. The van der Waals surface area contributed by atoms with Gasteiger partial charge >= 0.3 is 0 Å². The maximum Gasteiger partial charge on any atom is 0.265 e. The van der Waals surface area contributed by atoms with Gasteiger partial charge in [0.05, 0.1) is 10.7 Å². The summed E-state index contributed by atoms with van der Waals surface area (Å²) < 4.78 is 0. The molecular weight excluding hydrogens is 358 g/mol. The number of nitrogens with zero attached hydrogens (tertiary/aromatic N) is 5. The summed E-state index contributed by atoms with van der Waals surface area (Å²) in [5.41, 5.74) is 2.07. The molecule has 3 aliphatic rings. The molecule has 27 heavy (non-hydrogen) atoms. The second-order valence-corrected chi connectivity index (χ2v) is 9.41. The van der Waals surface area contributed by atoms with Gasteiger partial charge in [-0.2, -0.15) is 0 Å². The van der Waals surface area contributed by atoms with Gasteiger partial charge in [0.15, 0.2) is 0 Å². The molecule has 3 fully saturated rings. The minimum absolute atomic E-state index is 0.161. The number of likely N-dealkylation sites (tertiary alicyclic amines) is 1. The number of thiazole rings is 1. The number of rotatable bonds is 3. The SMILES string of the molecule is Cc1nc(C)c(C(=O)N2CC3CN(c4cc(C5CCC5)ncn4)CC3C2)s1. The number of hydrogen-bond donors (Lipinski definition) is 0. The highest BCUT2D eigenvalue weighted by Gasteiger charge is 2.42. The van der Waals surface area contributed by atoms with E-state index in [4.69, 9.17) is 0 Å². The molecule has 1 saturated carbocycles. The van der Waals surface area contributed by atoms with Gasteiger partial charge < -0.3 is 9.80 Å². The molecule has 0 aromatic carbocycles. The van der Waals surface area contributed by atoms with E-state index in [-0.39, 0.29) is 5.91 Å². The highest BCUT2D eigenvalue weighted by molar-refractivity contribution is 7.13. The molecule has 6 nitrogen and oxygen atoms in total. The summed E-state index contributed by atoms with van der Waals surface area (Å²) in [5, 5.41) is 0.965. The van der Waals surface area contributed by atoms with Gasteiger partial charge in [-0.05, 0) is 26.7 Å². The standard InChI is InChI=1S/C20H25N5OS/c1-12-19(27-13(2)23-12)20(26)25-9-15-7-24(8-16(15)10-25)18-6-17(21-11-22-18)14-4-3-5-14/h6,11,14-16H,3-5,7-10H2,1-2H3. The Morgan fingerprint density at radius 3 is 2.44 bits per heavy atom. The molecule has 4 heterocycles. The minimum Gasteiger partial charge on any atom is -0.356 e. The lowest BCUT2D eigenvalue weighted by molar-refractivity contribution is 0.0786. The average molecular weight is 384 g/mol. The molecule has 2 aliphatic heterocycles. The molecule has 0 radical (unpaired) electrons. The Balaban J connectivity index is 1.26. The Kier molecular flexibility index (Phi) is 4.15. The van der Waals surface area contributed by atoms with Gasteiger partial charge in [0.1, 0.15) is 17.0 Å². The van der Waals surface area contributed by atoms with Gasteiger partial charge in [0.2, 0.25) is 0 Å². The van der Waals surface area contributed by atoms with Crippen LogP contribution in [0.1, 0.15) is 51.2 Å². The van der Waals surface area contributed by atoms with Crippen molar-refractivity contribution < 1.29 is 4.79 Å². The first-order chi connectivity index (χ1) is 13.1. The summed E-state index contributed by atoms with van der Waals surface area (Å²) in [7, 11) is 0. The van der Waals surface area contributed by atoms with Gasteiger partial charge in [0, 0.05) is 55.7 Å². The van der Waals surface area contributed by atoms with E-state index in [1.807, 2.05) is 18.7 Å². The normalized spacial score (nSPS) is 25.0. The highest BCUT2D eigenvalue weighted by atomic mass is 32.1. The molecule has 2 saturated heterocycles. The number of carbonyl (C=O) groups excluding carboxylic acids is 1. The monoisotopic (exact) mass is 383 g/mol. The highest BCUT2D eigenvalue weighted by Crippen LogP contribution is 2.38. The van der Waals surface area contributed by atoms with Crippen LogP contribution in [0.3, 0.4) is 0 Å². The van der Waals surface area contributed by atoms with Crippen LogP contribution in [0, 0.1) is 25.7 Å². The minimum atomic E-state index is 0.161. The third-order valence-corrected chi connectivity index (χ3v) is 7.45. The van der Waals surface area contributed by atoms with Crippen LogP contribution < -0.4 is 4.90 Å². The van der Waals surface area contributed by atoms with Gasteiger partial charge in [-0.1, -0.05) is 6.42 Å². The Morgan fingerprint density at radius 2 is 1.85 bits per heavy atom. The molecule has 7 heteroatoms. The first kappa shape index (κ1) is 17.1. The fourth-order valence-corrected chi connectivity index (χ4v) is 5.57. The van der Waals surface area contributed by atoms with Crippen molar-refractivity contribution in [2.75, 3.05) is 31.1 Å². The van der Waals surface area contributed by atoms with Crippen molar-refractivity contribution in [2.45, 2.75) is 39.0 Å². The van der Waals surface area contributed by atoms with E-state index in [0.29, 0.717) is 17.8 Å². The third-order valence-electron chi connectivity index (χ3n) is 6.39. The van der Waals surface area contributed by atoms with Crippen LogP contribution >= 0.6 is 11.3 Å². The van der Waals surface area contributed by atoms with Gasteiger partial charge in [-0.15, -0.1) is 11.3 Å². The zero-order chi connectivity index (χ0) is 18.5. The van der Waals surface area contributed by atoms with Crippen molar-refractivity contribution in [1.82, 2.24) is 19.9 Å². The maximum atomic E-state index is 12.9. The summed E-state index contributed by atoms with van der Waals surface area (Å²) in [6.45, 7) is 7.55. The molecule has 2 aromatic heterocycles. The van der Waals surface area contributed by atoms with E-state index in [2.05, 4.69) is 25.9 Å². The fourth-order valence-electron chi connectivity index (χ4n) is 4.68. The fraction of sp³-hybridized carbons (Fsp3) is 0.600. The van der Waals surface area contributed by atoms with Crippen LogP contribution in [0.25, 0.3) is 0 Å². The van der Waals surface area contributed by atoms with E-state index < -0.39 is 0 Å². The average Bonchev–Trinajstić information content (AvgIpc) is 3.25. The zero-order valence-corrected chi connectivity index (χ0v) is 16.7. The lowest BCUT2D eigenvalue weighted by atomic mass is 9.83. The molecular formula is C20H25N5OS. The molecule has 2 atom stereocenters. The largest absolute Gasteiger partial charge is 0.356 e. The van der Waals surface area contributed by atoms with Gasteiger partial charge in [0.25, 0.3) is 5.91 Å². The molecule has 2 aromatic rings. The first-order valence-electron chi connectivity index (χ1n) is 9.88. The van der Waals surface area contributed by atoms with Crippen LogP contribution in [0.4, 0.5) is 5.82 Å². The van der Waals surface area contributed by atoms with Crippen LogP contribution in [-0.2, 0) is 0 Å². The maximum absolute atomic E-state index is 12.9.